The van der Waals surface area contributed by atoms with E-state index >= 15 is 0 Å². The molecule has 1 saturated heterocycles. The predicted molar refractivity (Wildman–Crippen MR) is 92.4 cm³/mol. The second-order valence-electron chi connectivity index (χ2n) is 9.21. The van der Waals surface area contributed by atoms with Gasteiger partial charge in [0.2, 0.25) is 0 Å². The first kappa shape index (κ1) is 15.6. The summed E-state index contributed by atoms with van der Waals surface area (Å²) < 4.78 is 11.9. The third-order valence-corrected chi connectivity index (χ3v) is 8.21. The molecule has 5 aliphatic rings. The predicted octanol–water partition coefficient (Wildman–Crippen LogP) is 4.12. The first-order chi connectivity index (χ1) is 11.4. The van der Waals surface area contributed by atoms with Gasteiger partial charge in [-0.25, -0.2) is 0 Å². The van der Waals surface area contributed by atoms with Gasteiger partial charge in [-0.1, -0.05) is 18.6 Å². The highest BCUT2D eigenvalue weighted by atomic mass is 16.7. The van der Waals surface area contributed by atoms with Crippen LogP contribution in [0, 0.1) is 17.3 Å². The molecule has 5 rings (SSSR count). The highest BCUT2D eigenvalue weighted by Gasteiger charge is 2.58. The van der Waals surface area contributed by atoms with Crippen LogP contribution in [0.3, 0.4) is 0 Å². The van der Waals surface area contributed by atoms with Crippen LogP contribution in [0.4, 0.5) is 0 Å². The van der Waals surface area contributed by atoms with Crippen LogP contribution >= 0.6 is 0 Å². The summed E-state index contributed by atoms with van der Waals surface area (Å²) in [4.78, 5) is 0. The Morgan fingerprint density at radius 3 is 2.67 bits per heavy atom. The van der Waals surface area contributed by atoms with E-state index in [4.69, 9.17) is 9.47 Å². The van der Waals surface area contributed by atoms with Crippen molar-refractivity contribution in [1.29, 1.82) is 0 Å². The normalized spacial score (nSPS) is 46.5. The maximum Gasteiger partial charge on any atom is 0.172 e. The van der Waals surface area contributed by atoms with Crippen molar-refractivity contribution >= 4 is 0 Å². The van der Waals surface area contributed by atoms with Crippen molar-refractivity contribution < 1.29 is 14.6 Å². The van der Waals surface area contributed by atoms with Gasteiger partial charge in [-0.15, -0.1) is 0 Å². The van der Waals surface area contributed by atoms with Gasteiger partial charge in [-0.3, -0.25) is 0 Å². The first-order valence-corrected chi connectivity index (χ1v) is 9.86. The number of ether oxygens (including phenoxy) is 2. The molecule has 4 aliphatic carbocycles. The van der Waals surface area contributed by atoms with Gasteiger partial charge in [0.05, 0.1) is 18.8 Å². The number of rotatable bonds is 0. The molecule has 4 atom stereocenters. The Balaban J connectivity index is 1.49. The maximum atomic E-state index is 10.9. The Morgan fingerprint density at radius 2 is 1.88 bits per heavy atom. The number of aliphatic hydroxyl groups is 1. The zero-order valence-electron chi connectivity index (χ0n) is 15.1. The van der Waals surface area contributed by atoms with Gasteiger partial charge in [0.1, 0.15) is 0 Å². The molecule has 1 heterocycles. The van der Waals surface area contributed by atoms with Gasteiger partial charge in [0, 0.05) is 18.3 Å². The van der Waals surface area contributed by atoms with Gasteiger partial charge in [0.25, 0.3) is 0 Å². The summed E-state index contributed by atoms with van der Waals surface area (Å²) in [5.74, 6) is 1.01. The molecule has 0 bridgehead atoms. The van der Waals surface area contributed by atoms with Crippen molar-refractivity contribution in [2.75, 3.05) is 13.2 Å². The van der Waals surface area contributed by atoms with E-state index in [0.717, 1.165) is 45.3 Å². The molecule has 3 heteroatoms. The molecule has 0 aromatic rings. The van der Waals surface area contributed by atoms with Gasteiger partial charge >= 0.3 is 0 Å². The third kappa shape index (κ3) is 1.95. The number of allylic oxidation sites excluding steroid dienone is 3. The highest BCUT2D eigenvalue weighted by Crippen LogP contribution is 2.62. The van der Waals surface area contributed by atoms with Crippen LogP contribution in [0.1, 0.15) is 65.2 Å². The van der Waals surface area contributed by atoms with Crippen LogP contribution in [-0.2, 0) is 9.47 Å². The van der Waals surface area contributed by atoms with E-state index in [1.165, 1.54) is 19.3 Å². The molecular weight excluding hydrogens is 300 g/mol. The lowest BCUT2D eigenvalue weighted by molar-refractivity contribution is -0.164. The summed E-state index contributed by atoms with van der Waals surface area (Å²) in [5, 5.41) is 10.9. The lowest BCUT2D eigenvalue weighted by Gasteiger charge is -2.50. The molecule has 132 valence electrons. The number of hydrogen-bond acceptors (Lipinski definition) is 3. The Bertz CT molecular complexity index is 623. The lowest BCUT2D eigenvalue weighted by Crippen LogP contribution is -2.47. The fraction of sp³-hybridized carbons (Fsp3) is 0.810. The van der Waals surface area contributed by atoms with E-state index in [-0.39, 0.29) is 11.2 Å². The summed E-state index contributed by atoms with van der Waals surface area (Å²) in [6, 6.07) is 0. The van der Waals surface area contributed by atoms with Crippen molar-refractivity contribution in [3.8, 4) is 0 Å². The molecule has 0 amide bonds. The van der Waals surface area contributed by atoms with Crippen LogP contribution in [0.5, 0.6) is 0 Å². The smallest absolute Gasteiger partial charge is 0.172 e. The van der Waals surface area contributed by atoms with Crippen molar-refractivity contribution in [2.45, 2.75) is 76.6 Å². The van der Waals surface area contributed by atoms with E-state index in [1.807, 2.05) is 0 Å². The molecular formula is C21H30O3. The topological polar surface area (TPSA) is 38.7 Å². The van der Waals surface area contributed by atoms with Gasteiger partial charge < -0.3 is 14.6 Å². The molecule has 1 spiro atoms. The third-order valence-electron chi connectivity index (χ3n) is 8.21. The van der Waals surface area contributed by atoms with Crippen molar-refractivity contribution in [3.63, 3.8) is 0 Å². The van der Waals surface area contributed by atoms with E-state index < -0.39 is 5.60 Å². The van der Waals surface area contributed by atoms with E-state index in [0.29, 0.717) is 11.8 Å². The van der Waals surface area contributed by atoms with Crippen LogP contribution in [0.2, 0.25) is 0 Å². The second kappa shape index (κ2) is 4.96. The minimum atomic E-state index is -0.503. The average Bonchev–Trinajstić information content (AvgIpc) is 3.10. The largest absolute Gasteiger partial charge is 0.390 e. The molecule has 2 fully saturated rings. The monoisotopic (exact) mass is 330 g/mol. The van der Waals surface area contributed by atoms with Crippen LogP contribution in [0.15, 0.2) is 22.8 Å². The molecule has 1 saturated carbocycles. The zero-order chi connectivity index (χ0) is 16.6. The van der Waals surface area contributed by atoms with Crippen LogP contribution in [-0.4, -0.2) is 29.7 Å². The molecule has 0 aromatic heterocycles. The van der Waals surface area contributed by atoms with E-state index in [9.17, 15) is 5.11 Å². The summed E-state index contributed by atoms with van der Waals surface area (Å²) in [6.07, 6.45) is 11.2. The van der Waals surface area contributed by atoms with Gasteiger partial charge in [0.15, 0.2) is 5.79 Å². The number of hydrogen-bond donors (Lipinski definition) is 1. The van der Waals surface area contributed by atoms with Crippen molar-refractivity contribution in [3.05, 3.63) is 22.8 Å². The summed E-state index contributed by atoms with van der Waals surface area (Å²) in [6.45, 7) is 5.91. The fourth-order valence-electron chi connectivity index (χ4n) is 6.52. The molecule has 0 aromatic carbocycles. The van der Waals surface area contributed by atoms with Crippen LogP contribution in [0.25, 0.3) is 0 Å². The molecule has 3 nitrogen and oxygen atoms in total. The van der Waals surface area contributed by atoms with Crippen molar-refractivity contribution in [2.24, 2.45) is 17.3 Å². The van der Waals surface area contributed by atoms with Crippen LogP contribution < -0.4 is 0 Å². The fourth-order valence-corrected chi connectivity index (χ4v) is 6.52. The minimum absolute atomic E-state index is 0.0623. The van der Waals surface area contributed by atoms with Gasteiger partial charge in [-0.2, -0.15) is 0 Å². The average molecular weight is 330 g/mol. The second-order valence-corrected chi connectivity index (χ2v) is 9.21. The Labute approximate surface area is 145 Å². The maximum absolute atomic E-state index is 10.9. The Kier molecular flexibility index (Phi) is 3.22. The minimum Gasteiger partial charge on any atom is -0.390 e. The number of fused-ring (bicyclic) bond motifs is 4. The molecule has 1 aliphatic heterocycles. The lowest BCUT2D eigenvalue weighted by atomic mass is 9.56. The van der Waals surface area contributed by atoms with Gasteiger partial charge in [-0.05, 0) is 68.4 Å². The SMILES string of the molecule is C[C@]1(O)CC[C@H]2[C@@H]3CCC4=C(CCC5(C4)OCCO5)C3=CC[C@@]21C. The highest BCUT2D eigenvalue weighted by molar-refractivity contribution is 5.45. The zero-order valence-corrected chi connectivity index (χ0v) is 15.1. The molecule has 1 N–H and O–H groups in total. The molecule has 0 radical (unpaired) electrons. The molecule has 24 heavy (non-hydrogen) atoms. The van der Waals surface area contributed by atoms with E-state index in [1.54, 1.807) is 16.7 Å². The first-order valence-electron chi connectivity index (χ1n) is 9.86. The van der Waals surface area contributed by atoms with Crippen molar-refractivity contribution in [1.82, 2.24) is 0 Å². The standard InChI is InChI=1S/C21H30O3/c1-19-8-5-16-15-6-10-21(23-11-12-24-21)13-14(15)3-4-17(16)18(19)7-9-20(19,2)22/h5,17-18,22H,3-4,6-13H2,1-2H3/t17-,18+,19+,20+/m1/s1. The summed E-state index contributed by atoms with van der Waals surface area (Å²) in [5.41, 5.74) is 4.41. The summed E-state index contributed by atoms with van der Waals surface area (Å²) in [7, 11) is 0. The van der Waals surface area contributed by atoms with E-state index in [2.05, 4.69) is 19.9 Å². The quantitative estimate of drug-likeness (QED) is 0.726. The Morgan fingerprint density at radius 1 is 1.08 bits per heavy atom. The summed E-state index contributed by atoms with van der Waals surface area (Å²) >= 11 is 0. The Hall–Kier alpha value is -0.640. The molecule has 0 unspecified atom stereocenters.